The molecule has 128 valence electrons. The number of hydrogen-bond acceptors (Lipinski definition) is 4. The molecule has 1 aromatic heterocycles. The standard InChI is InChI=1S/C18H17FN4OS/c1-12(17(24)20-15-10-6-9-14(19)11-15)25-18-22-21-16(23(18)2)13-7-4-3-5-8-13/h3-12H,1-2H3,(H,20,24)/t12-/m0/s1. The van der Waals surface area contributed by atoms with Crippen LogP contribution < -0.4 is 5.32 Å². The lowest BCUT2D eigenvalue weighted by Gasteiger charge is -2.11. The number of carbonyl (C=O) groups is 1. The summed E-state index contributed by atoms with van der Waals surface area (Å²) in [6.45, 7) is 1.77. The Morgan fingerprint density at radius 3 is 2.64 bits per heavy atom. The molecule has 0 spiro atoms. The van der Waals surface area contributed by atoms with Crippen molar-refractivity contribution in [2.45, 2.75) is 17.3 Å². The van der Waals surface area contributed by atoms with E-state index in [1.807, 2.05) is 41.9 Å². The maximum absolute atomic E-state index is 13.2. The van der Waals surface area contributed by atoms with Gasteiger partial charge in [0.15, 0.2) is 11.0 Å². The molecule has 0 saturated heterocycles. The molecule has 0 aliphatic rings. The highest BCUT2D eigenvalue weighted by molar-refractivity contribution is 8.00. The first-order chi connectivity index (χ1) is 12.0. The van der Waals surface area contributed by atoms with Gasteiger partial charge in [-0.15, -0.1) is 10.2 Å². The summed E-state index contributed by atoms with van der Waals surface area (Å²) in [7, 11) is 1.86. The Morgan fingerprint density at radius 1 is 1.16 bits per heavy atom. The molecule has 1 atom stereocenters. The first-order valence-corrected chi connectivity index (χ1v) is 8.60. The Morgan fingerprint density at radius 2 is 1.92 bits per heavy atom. The quantitative estimate of drug-likeness (QED) is 0.708. The zero-order chi connectivity index (χ0) is 17.8. The molecule has 3 aromatic rings. The van der Waals surface area contributed by atoms with Gasteiger partial charge in [-0.25, -0.2) is 4.39 Å². The number of anilines is 1. The topological polar surface area (TPSA) is 59.8 Å². The molecular weight excluding hydrogens is 339 g/mol. The highest BCUT2D eigenvalue weighted by Gasteiger charge is 2.19. The molecule has 0 fully saturated rings. The van der Waals surface area contributed by atoms with E-state index in [0.717, 1.165) is 11.4 Å². The summed E-state index contributed by atoms with van der Waals surface area (Å²) in [5, 5.41) is 11.3. The van der Waals surface area contributed by atoms with E-state index in [2.05, 4.69) is 15.5 Å². The Labute approximate surface area is 149 Å². The fraction of sp³-hybridized carbons (Fsp3) is 0.167. The monoisotopic (exact) mass is 356 g/mol. The molecule has 25 heavy (non-hydrogen) atoms. The number of nitrogens with zero attached hydrogens (tertiary/aromatic N) is 3. The van der Waals surface area contributed by atoms with E-state index in [4.69, 9.17) is 0 Å². The van der Waals surface area contributed by atoms with E-state index in [9.17, 15) is 9.18 Å². The van der Waals surface area contributed by atoms with Crippen LogP contribution in [0.25, 0.3) is 11.4 Å². The molecule has 7 heteroatoms. The molecule has 0 aliphatic carbocycles. The van der Waals surface area contributed by atoms with Gasteiger partial charge in [0, 0.05) is 18.3 Å². The summed E-state index contributed by atoms with van der Waals surface area (Å²) in [5.41, 5.74) is 1.39. The third kappa shape index (κ3) is 4.06. The van der Waals surface area contributed by atoms with Gasteiger partial charge < -0.3 is 9.88 Å². The number of rotatable bonds is 5. The van der Waals surface area contributed by atoms with Gasteiger partial charge >= 0.3 is 0 Å². The van der Waals surface area contributed by atoms with E-state index in [1.165, 1.54) is 23.9 Å². The molecule has 1 amide bonds. The minimum Gasteiger partial charge on any atom is -0.325 e. The van der Waals surface area contributed by atoms with E-state index in [-0.39, 0.29) is 11.7 Å². The maximum Gasteiger partial charge on any atom is 0.237 e. The Kier molecular flexibility index (Phi) is 5.14. The molecule has 2 aromatic carbocycles. The van der Waals surface area contributed by atoms with Gasteiger partial charge in [0.25, 0.3) is 0 Å². The summed E-state index contributed by atoms with van der Waals surface area (Å²) in [6, 6.07) is 15.5. The number of aromatic nitrogens is 3. The summed E-state index contributed by atoms with van der Waals surface area (Å²) >= 11 is 1.30. The Balaban J connectivity index is 1.70. The molecule has 3 rings (SSSR count). The average molecular weight is 356 g/mol. The number of carbonyl (C=O) groups excluding carboxylic acids is 1. The van der Waals surface area contributed by atoms with Gasteiger partial charge in [-0.2, -0.15) is 0 Å². The third-order valence-electron chi connectivity index (χ3n) is 3.61. The first kappa shape index (κ1) is 17.2. The van der Waals surface area contributed by atoms with Gasteiger partial charge in [0.1, 0.15) is 5.82 Å². The SMILES string of the molecule is C[C@H](Sc1nnc(-c2ccccc2)n1C)C(=O)Nc1cccc(F)c1. The van der Waals surface area contributed by atoms with Crippen LogP contribution in [-0.4, -0.2) is 25.9 Å². The second-order valence-electron chi connectivity index (χ2n) is 5.49. The van der Waals surface area contributed by atoms with Crippen LogP contribution in [0.1, 0.15) is 6.92 Å². The molecule has 0 bridgehead atoms. The molecule has 1 N–H and O–H groups in total. The van der Waals surface area contributed by atoms with Gasteiger partial charge in [0.05, 0.1) is 5.25 Å². The van der Waals surface area contributed by atoms with Crippen LogP contribution in [-0.2, 0) is 11.8 Å². The molecule has 5 nitrogen and oxygen atoms in total. The summed E-state index contributed by atoms with van der Waals surface area (Å²) in [5.74, 6) is 0.125. The van der Waals surface area contributed by atoms with Crippen LogP contribution in [0.5, 0.6) is 0 Å². The lowest BCUT2D eigenvalue weighted by Crippen LogP contribution is -2.22. The van der Waals surface area contributed by atoms with Crippen molar-refractivity contribution in [3.05, 3.63) is 60.4 Å². The molecule has 0 unspecified atom stereocenters. The lowest BCUT2D eigenvalue weighted by atomic mass is 10.2. The Bertz CT molecular complexity index is 882. The first-order valence-electron chi connectivity index (χ1n) is 7.72. The zero-order valence-electron chi connectivity index (χ0n) is 13.8. The zero-order valence-corrected chi connectivity index (χ0v) is 14.6. The fourth-order valence-corrected chi connectivity index (χ4v) is 3.09. The number of halogens is 1. The van der Waals surface area contributed by atoms with Crippen molar-refractivity contribution in [1.29, 1.82) is 0 Å². The summed E-state index contributed by atoms with van der Waals surface area (Å²) < 4.78 is 15.1. The van der Waals surface area contributed by atoms with Crippen LogP contribution in [0.4, 0.5) is 10.1 Å². The molecule has 1 heterocycles. The minimum absolute atomic E-state index is 0.222. The predicted molar refractivity (Wildman–Crippen MR) is 96.8 cm³/mol. The number of nitrogens with one attached hydrogen (secondary N) is 1. The van der Waals surface area contributed by atoms with Gasteiger partial charge in [-0.05, 0) is 25.1 Å². The van der Waals surface area contributed by atoms with Crippen LogP contribution in [0.15, 0.2) is 59.8 Å². The van der Waals surface area contributed by atoms with Crippen LogP contribution in [0.2, 0.25) is 0 Å². The van der Waals surface area contributed by atoms with Crippen molar-refractivity contribution in [1.82, 2.24) is 14.8 Å². The number of benzene rings is 2. The van der Waals surface area contributed by atoms with E-state index >= 15 is 0 Å². The third-order valence-corrected chi connectivity index (χ3v) is 4.74. The number of amides is 1. The molecule has 0 radical (unpaired) electrons. The van der Waals surface area contributed by atoms with E-state index in [1.54, 1.807) is 19.1 Å². The van der Waals surface area contributed by atoms with Crippen molar-refractivity contribution >= 4 is 23.4 Å². The van der Waals surface area contributed by atoms with Crippen molar-refractivity contribution in [3.8, 4) is 11.4 Å². The molecule has 0 aliphatic heterocycles. The second-order valence-corrected chi connectivity index (χ2v) is 6.80. The maximum atomic E-state index is 13.2. The van der Waals surface area contributed by atoms with Crippen molar-refractivity contribution in [2.24, 2.45) is 7.05 Å². The predicted octanol–water partition coefficient (Wildman–Crippen LogP) is 3.74. The minimum atomic E-state index is -0.408. The van der Waals surface area contributed by atoms with Gasteiger partial charge in [-0.3, -0.25) is 4.79 Å². The number of thioether (sulfide) groups is 1. The Hall–Kier alpha value is -2.67. The average Bonchev–Trinajstić information content (AvgIpc) is 2.96. The van der Waals surface area contributed by atoms with E-state index < -0.39 is 5.25 Å². The van der Waals surface area contributed by atoms with Crippen LogP contribution in [0.3, 0.4) is 0 Å². The molecular formula is C18H17FN4OS. The van der Waals surface area contributed by atoms with Crippen LogP contribution >= 0.6 is 11.8 Å². The lowest BCUT2D eigenvalue weighted by molar-refractivity contribution is -0.115. The highest BCUT2D eigenvalue weighted by atomic mass is 32.2. The largest absolute Gasteiger partial charge is 0.325 e. The normalized spacial score (nSPS) is 12.0. The van der Waals surface area contributed by atoms with Crippen molar-refractivity contribution in [3.63, 3.8) is 0 Å². The number of hydrogen-bond donors (Lipinski definition) is 1. The van der Waals surface area contributed by atoms with Crippen molar-refractivity contribution in [2.75, 3.05) is 5.32 Å². The summed E-state index contributed by atoms with van der Waals surface area (Å²) in [4.78, 5) is 12.3. The van der Waals surface area contributed by atoms with Gasteiger partial charge in [-0.1, -0.05) is 48.2 Å². The van der Waals surface area contributed by atoms with E-state index in [0.29, 0.717) is 10.8 Å². The highest BCUT2D eigenvalue weighted by Crippen LogP contribution is 2.26. The summed E-state index contributed by atoms with van der Waals surface area (Å²) in [6.07, 6.45) is 0. The smallest absolute Gasteiger partial charge is 0.237 e. The molecule has 0 saturated carbocycles. The van der Waals surface area contributed by atoms with Crippen LogP contribution in [0, 0.1) is 5.82 Å². The fourth-order valence-electron chi connectivity index (χ4n) is 2.28. The van der Waals surface area contributed by atoms with Gasteiger partial charge in [0.2, 0.25) is 5.91 Å². The second kappa shape index (κ2) is 7.48. The van der Waals surface area contributed by atoms with Crippen molar-refractivity contribution < 1.29 is 9.18 Å².